The summed E-state index contributed by atoms with van der Waals surface area (Å²) in [5, 5.41) is 3.51. The van der Waals surface area contributed by atoms with Gasteiger partial charge in [-0.05, 0) is 0 Å². The Kier molecular flexibility index (Phi) is 2.19. The van der Waals surface area contributed by atoms with Crippen molar-refractivity contribution in [1.82, 2.24) is 0 Å². The van der Waals surface area contributed by atoms with Crippen molar-refractivity contribution >= 4 is 35.0 Å². The zero-order valence-electron chi connectivity index (χ0n) is 4.83. The van der Waals surface area contributed by atoms with Crippen molar-refractivity contribution in [3.63, 3.8) is 0 Å². The molecule has 0 unspecified atom stereocenters. The third-order valence-corrected chi connectivity index (χ3v) is 2.17. The molecule has 0 saturated heterocycles. The molecule has 2 nitrogen and oxygen atoms in total. The second-order valence-electron chi connectivity index (χ2n) is 1.62. The van der Waals surface area contributed by atoms with Crippen LogP contribution in [0.25, 0.3) is 0 Å². The van der Waals surface area contributed by atoms with Gasteiger partial charge in [0, 0.05) is 10.8 Å². The van der Waals surface area contributed by atoms with Crippen molar-refractivity contribution in [2.24, 2.45) is 0 Å². The highest BCUT2D eigenvalue weighted by atomic mass is 35.5. The van der Waals surface area contributed by atoms with Crippen LogP contribution in [-0.2, 0) is 4.79 Å². The predicted molar refractivity (Wildman–Crippen MR) is 39.7 cm³/mol. The predicted octanol–water partition coefficient (Wildman–Crippen LogP) is 1.78. The van der Waals surface area contributed by atoms with Gasteiger partial charge in [0.15, 0.2) is 6.29 Å². The average molecular weight is 175 g/mol. The number of Topliss-reactive ketones (excluding diaryl/α,β-unsaturated/α-hetero) is 1. The fourth-order valence-corrected chi connectivity index (χ4v) is 1.58. The molecule has 1 rings (SSSR count). The summed E-state index contributed by atoms with van der Waals surface area (Å²) in [6, 6.07) is 0. The van der Waals surface area contributed by atoms with Gasteiger partial charge in [-0.1, -0.05) is 11.6 Å². The smallest absolute Gasteiger partial charge is 0.227 e. The lowest BCUT2D eigenvalue weighted by Gasteiger charge is -1.84. The Morgan fingerprint density at radius 1 is 1.60 bits per heavy atom. The lowest BCUT2D eigenvalue weighted by Crippen LogP contribution is -1.97. The van der Waals surface area contributed by atoms with E-state index in [1.165, 1.54) is 11.3 Å². The summed E-state index contributed by atoms with van der Waals surface area (Å²) in [7, 11) is 0. The van der Waals surface area contributed by atoms with Crippen molar-refractivity contribution in [2.45, 2.75) is 0 Å². The maximum absolute atomic E-state index is 10.6. The van der Waals surface area contributed by atoms with Gasteiger partial charge in [-0.25, -0.2) is 0 Å². The monoisotopic (exact) mass is 174 g/mol. The van der Waals surface area contributed by atoms with E-state index in [2.05, 4.69) is 0 Å². The van der Waals surface area contributed by atoms with Crippen LogP contribution in [0.3, 0.4) is 0 Å². The van der Waals surface area contributed by atoms with Crippen LogP contribution in [0.15, 0.2) is 10.8 Å². The van der Waals surface area contributed by atoms with E-state index >= 15 is 0 Å². The molecular formula is C6H3ClO2S. The molecule has 1 aromatic rings. The van der Waals surface area contributed by atoms with Crippen LogP contribution in [0.4, 0.5) is 0 Å². The van der Waals surface area contributed by atoms with E-state index in [1.807, 2.05) is 0 Å². The van der Waals surface area contributed by atoms with Gasteiger partial charge in [0.25, 0.3) is 0 Å². The van der Waals surface area contributed by atoms with Gasteiger partial charge in [-0.2, -0.15) is 11.3 Å². The van der Waals surface area contributed by atoms with Crippen LogP contribution in [0.1, 0.15) is 10.4 Å². The molecule has 0 aromatic carbocycles. The summed E-state index contributed by atoms with van der Waals surface area (Å²) in [4.78, 5) is 20.6. The maximum atomic E-state index is 10.6. The molecule has 0 aliphatic carbocycles. The first kappa shape index (κ1) is 7.44. The minimum absolute atomic E-state index is 0.258. The minimum Gasteiger partial charge on any atom is -0.294 e. The summed E-state index contributed by atoms with van der Waals surface area (Å²) in [6.07, 6.45) is 0.258. The lowest BCUT2D eigenvalue weighted by atomic mass is 10.2. The molecule has 0 bridgehead atoms. The first-order valence-corrected chi connectivity index (χ1v) is 3.79. The molecule has 0 atom stereocenters. The standard InChI is InChI=1S/C6H3ClO2S/c7-5-3-10-2-4(5)6(9)1-8/h1-3H. The quantitative estimate of drug-likeness (QED) is 0.389. The third kappa shape index (κ3) is 1.25. The highest BCUT2D eigenvalue weighted by molar-refractivity contribution is 7.08. The first-order chi connectivity index (χ1) is 4.75. The highest BCUT2D eigenvalue weighted by Gasteiger charge is 2.08. The fourth-order valence-electron chi connectivity index (χ4n) is 0.521. The van der Waals surface area contributed by atoms with E-state index < -0.39 is 5.78 Å². The van der Waals surface area contributed by atoms with Crippen molar-refractivity contribution in [1.29, 1.82) is 0 Å². The SMILES string of the molecule is O=CC(=O)c1cscc1Cl. The van der Waals surface area contributed by atoms with E-state index in [4.69, 9.17) is 11.6 Å². The molecule has 0 spiro atoms. The molecule has 1 heterocycles. The molecule has 52 valence electrons. The Hall–Kier alpha value is -0.670. The van der Waals surface area contributed by atoms with Gasteiger partial charge in [0.1, 0.15) is 0 Å². The van der Waals surface area contributed by atoms with Gasteiger partial charge < -0.3 is 0 Å². The third-order valence-electron chi connectivity index (χ3n) is 0.987. The second-order valence-corrected chi connectivity index (χ2v) is 2.77. The molecule has 0 amide bonds. The molecule has 10 heavy (non-hydrogen) atoms. The number of ketones is 1. The highest BCUT2D eigenvalue weighted by Crippen LogP contribution is 2.20. The summed E-state index contributed by atoms with van der Waals surface area (Å²) in [5.74, 6) is -0.564. The maximum Gasteiger partial charge on any atom is 0.227 e. The molecule has 0 aliphatic rings. The first-order valence-electron chi connectivity index (χ1n) is 2.47. The molecular weight excluding hydrogens is 172 g/mol. The Morgan fingerprint density at radius 2 is 2.30 bits per heavy atom. The number of rotatable bonds is 2. The van der Waals surface area contributed by atoms with Crippen molar-refractivity contribution in [2.75, 3.05) is 0 Å². The van der Waals surface area contributed by atoms with Crippen LogP contribution in [0.5, 0.6) is 0 Å². The van der Waals surface area contributed by atoms with Crippen LogP contribution in [0, 0.1) is 0 Å². The molecule has 0 aliphatic heterocycles. The summed E-state index contributed by atoms with van der Waals surface area (Å²) < 4.78 is 0. The molecule has 0 radical (unpaired) electrons. The molecule has 0 N–H and O–H groups in total. The van der Waals surface area contributed by atoms with E-state index in [0.717, 1.165) is 0 Å². The molecule has 4 heteroatoms. The van der Waals surface area contributed by atoms with Gasteiger partial charge in [0.2, 0.25) is 5.78 Å². The average Bonchev–Trinajstić information content (AvgIpc) is 2.34. The number of thiophene rings is 1. The normalized spacial score (nSPS) is 9.30. The molecule has 0 saturated carbocycles. The Labute approximate surface area is 66.4 Å². The minimum atomic E-state index is -0.564. The number of hydrogen-bond donors (Lipinski definition) is 0. The van der Waals surface area contributed by atoms with Crippen molar-refractivity contribution in [3.8, 4) is 0 Å². The van der Waals surface area contributed by atoms with Crippen LogP contribution in [-0.4, -0.2) is 12.1 Å². The van der Waals surface area contributed by atoms with E-state index in [1.54, 1.807) is 10.8 Å². The largest absolute Gasteiger partial charge is 0.294 e. The van der Waals surface area contributed by atoms with Gasteiger partial charge >= 0.3 is 0 Å². The van der Waals surface area contributed by atoms with Gasteiger partial charge in [-0.15, -0.1) is 0 Å². The van der Waals surface area contributed by atoms with E-state index in [-0.39, 0.29) is 6.29 Å². The fraction of sp³-hybridized carbons (Fsp3) is 0. The van der Waals surface area contributed by atoms with Crippen LogP contribution < -0.4 is 0 Å². The topological polar surface area (TPSA) is 34.1 Å². The summed E-state index contributed by atoms with van der Waals surface area (Å²) in [6.45, 7) is 0. The van der Waals surface area contributed by atoms with Gasteiger partial charge in [-0.3, -0.25) is 9.59 Å². The van der Waals surface area contributed by atoms with Gasteiger partial charge in [0.05, 0.1) is 10.6 Å². The van der Waals surface area contributed by atoms with E-state index in [9.17, 15) is 9.59 Å². The lowest BCUT2D eigenvalue weighted by molar-refractivity contribution is -0.104. The number of carbonyl (C=O) groups is 2. The number of carbonyl (C=O) groups excluding carboxylic acids is 2. The van der Waals surface area contributed by atoms with Crippen LogP contribution >= 0.6 is 22.9 Å². The van der Waals surface area contributed by atoms with Crippen LogP contribution in [0.2, 0.25) is 5.02 Å². The number of aldehydes is 1. The summed E-state index contributed by atoms with van der Waals surface area (Å²) >= 11 is 6.84. The molecule has 1 aromatic heterocycles. The Bertz CT molecular complexity index is 266. The Morgan fingerprint density at radius 3 is 2.70 bits per heavy atom. The van der Waals surface area contributed by atoms with E-state index in [0.29, 0.717) is 10.6 Å². The zero-order valence-corrected chi connectivity index (χ0v) is 6.41. The number of hydrogen-bond acceptors (Lipinski definition) is 3. The zero-order chi connectivity index (χ0) is 7.56. The van der Waals surface area contributed by atoms with Crippen molar-refractivity contribution in [3.05, 3.63) is 21.3 Å². The molecule has 0 fully saturated rings. The summed E-state index contributed by atoms with van der Waals surface area (Å²) in [5.41, 5.74) is 0.293. The number of halogens is 1. The Balaban J connectivity index is 3.04. The second kappa shape index (κ2) is 2.94. The van der Waals surface area contributed by atoms with Crippen molar-refractivity contribution < 1.29 is 9.59 Å².